The number of halogens is 3. The van der Waals surface area contributed by atoms with E-state index in [-0.39, 0.29) is 0 Å². The smallest absolute Gasteiger partial charge is 0.578 e. The summed E-state index contributed by atoms with van der Waals surface area (Å²) in [5.41, 5.74) is -4.94. The van der Waals surface area contributed by atoms with Crippen molar-refractivity contribution in [1.82, 2.24) is 9.78 Å². The predicted octanol–water partition coefficient (Wildman–Crippen LogP) is 2.37. The van der Waals surface area contributed by atoms with Gasteiger partial charge in [-0.1, -0.05) is 18.2 Å². The minimum atomic E-state index is -4.92. The van der Waals surface area contributed by atoms with Crippen LogP contribution in [0.5, 0.6) is 0 Å². The lowest BCUT2D eigenvalue weighted by atomic mass is 10.3. The van der Waals surface area contributed by atoms with E-state index in [1.165, 1.54) is 6.07 Å². The molecule has 2 aromatic rings. The number of benzene rings is 1. The number of nitriles is 1. The predicted molar refractivity (Wildman–Crippen MR) is 60.7 cm³/mol. The third-order valence-corrected chi connectivity index (χ3v) is 3.34. The molecule has 0 aliphatic carbocycles. The van der Waals surface area contributed by atoms with Crippen LogP contribution in [0.15, 0.2) is 41.4 Å². The molecule has 4 nitrogen and oxygen atoms in total. The number of para-hydroxylation sites is 1. The lowest BCUT2D eigenvalue weighted by molar-refractivity contribution is -0.0435. The summed E-state index contributed by atoms with van der Waals surface area (Å²) >= 11 is -3.27. The molecule has 1 heterocycles. The zero-order valence-corrected chi connectivity index (χ0v) is 10.1. The van der Waals surface area contributed by atoms with Gasteiger partial charge in [0.1, 0.15) is 17.2 Å². The van der Waals surface area contributed by atoms with E-state index in [2.05, 4.69) is 5.10 Å². The minimum Gasteiger partial charge on any atom is -0.604 e. The number of rotatable bonds is 2. The van der Waals surface area contributed by atoms with E-state index in [0.29, 0.717) is 5.69 Å². The summed E-state index contributed by atoms with van der Waals surface area (Å²) in [5, 5.41) is 12.5. The lowest BCUT2D eigenvalue weighted by Gasteiger charge is -2.09. The molecule has 1 unspecified atom stereocenters. The number of aromatic nitrogens is 2. The second-order valence-corrected chi connectivity index (χ2v) is 4.89. The average molecular weight is 285 g/mol. The van der Waals surface area contributed by atoms with Crippen LogP contribution in [0.2, 0.25) is 0 Å². The van der Waals surface area contributed by atoms with E-state index in [9.17, 15) is 17.7 Å². The maximum atomic E-state index is 12.4. The molecule has 0 amide bonds. The largest absolute Gasteiger partial charge is 0.604 e. The first-order valence-electron chi connectivity index (χ1n) is 4.97. The van der Waals surface area contributed by atoms with Gasteiger partial charge in [-0.3, -0.25) is 0 Å². The SMILES string of the molecule is N#Cc1nn(-c2ccccc2)cc1[S+]([O-])C(F)(F)F. The van der Waals surface area contributed by atoms with Gasteiger partial charge in [0.25, 0.3) is 0 Å². The fourth-order valence-corrected chi connectivity index (χ4v) is 2.12. The molecule has 0 bridgehead atoms. The van der Waals surface area contributed by atoms with Crippen molar-refractivity contribution in [3.63, 3.8) is 0 Å². The van der Waals surface area contributed by atoms with Gasteiger partial charge in [0.15, 0.2) is 0 Å². The second-order valence-electron chi connectivity index (χ2n) is 3.45. The van der Waals surface area contributed by atoms with Crippen LogP contribution in [0.1, 0.15) is 5.69 Å². The first-order chi connectivity index (χ1) is 8.93. The van der Waals surface area contributed by atoms with Gasteiger partial charge in [0, 0.05) is 0 Å². The highest BCUT2D eigenvalue weighted by Gasteiger charge is 2.48. The summed E-state index contributed by atoms with van der Waals surface area (Å²) in [6, 6.07) is 9.79. The van der Waals surface area contributed by atoms with Crippen LogP contribution in [0.3, 0.4) is 0 Å². The van der Waals surface area contributed by atoms with Gasteiger partial charge < -0.3 is 4.55 Å². The van der Waals surface area contributed by atoms with Crippen molar-refractivity contribution in [2.75, 3.05) is 0 Å². The summed E-state index contributed by atoms with van der Waals surface area (Å²) < 4.78 is 49.6. The second kappa shape index (κ2) is 4.95. The van der Waals surface area contributed by atoms with Gasteiger partial charge in [-0.15, -0.1) is 13.2 Å². The molecular formula is C11H6F3N3OS. The molecule has 2 rings (SSSR count). The van der Waals surface area contributed by atoms with E-state index < -0.39 is 27.3 Å². The molecule has 0 radical (unpaired) electrons. The number of nitrogens with zero attached hydrogens (tertiary/aromatic N) is 3. The highest BCUT2D eigenvalue weighted by Crippen LogP contribution is 2.32. The van der Waals surface area contributed by atoms with Crippen molar-refractivity contribution in [1.29, 1.82) is 5.26 Å². The Hall–Kier alpha value is -1.98. The molecule has 0 aliphatic rings. The van der Waals surface area contributed by atoms with E-state index >= 15 is 0 Å². The molecular weight excluding hydrogens is 279 g/mol. The van der Waals surface area contributed by atoms with Crippen LogP contribution in [0, 0.1) is 11.3 Å². The van der Waals surface area contributed by atoms with E-state index in [1.807, 2.05) is 0 Å². The summed E-state index contributed by atoms with van der Waals surface area (Å²) in [7, 11) is 0. The molecule has 1 aromatic carbocycles. The molecule has 0 saturated carbocycles. The highest BCUT2D eigenvalue weighted by molar-refractivity contribution is 7.92. The van der Waals surface area contributed by atoms with Crippen LogP contribution >= 0.6 is 0 Å². The van der Waals surface area contributed by atoms with E-state index in [0.717, 1.165) is 10.9 Å². The topological polar surface area (TPSA) is 64.7 Å². The maximum Gasteiger partial charge on any atom is 0.578 e. The lowest BCUT2D eigenvalue weighted by Crippen LogP contribution is -2.23. The maximum absolute atomic E-state index is 12.4. The Morgan fingerprint density at radius 1 is 1.26 bits per heavy atom. The third-order valence-electron chi connectivity index (χ3n) is 2.22. The minimum absolute atomic E-state index is 0.476. The highest BCUT2D eigenvalue weighted by atomic mass is 32.2. The van der Waals surface area contributed by atoms with Gasteiger partial charge in [-0.05, 0) is 12.1 Å². The average Bonchev–Trinajstić information content (AvgIpc) is 2.81. The van der Waals surface area contributed by atoms with Gasteiger partial charge in [-0.2, -0.15) is 10.4 Å². The Balaban J connectivity index is 2.48. The molecule has 1 atom stereocenters. The summed E-state index contributed by atoms with van der Waals surface area (Å²) in [4.78, 5) is -0.640. The van der Waals surface area contributed by atoms with E-state index in [4.69, 9.17) is 5.26 Å². The Bertz CT molecular complexity index is 618. The quantitative estimate of drug-likeness (QED) is 0.796. The standard InChI is InChI=1S/C11H6F3N3OS/c12-11(13,14)19(18)10-7-17(16-9(10)6-15)8-4-2-1-3-5-8/h1-5,7H. The first-order valence-corrected chi connectivity index (χ1v) is 6.12. The molecule has 1 aromatic heterocycles. The summed E-state index contributed by atoms with van der Waals surface area (Å²) in [6.45, 7) is 0. The molecule has 0 N–H and O–H groups in total. The molecule has 0 fully saturated rings. The van der Waals surface area contributed by atoms with Crippen LogP contribution in [-0.2, 0) is 11.2 Å². The van der Waals surface area contributed by atoms with Crippen molar-refractivity contribution in [3.8, 4) is 11.8 Å². The van der Waals surface area contributed by atoms with E-state index in [1.54, 1.807) is 30.3 Å². The fraction of sp³-hybridized carbons (Fsp3) is 0.0909. The van der Waals surface area contributed by atoms with Crippen LogP contribution in [0.4, 0.5) is 13.2 Å². The van der Waals surface area contributed by atoms with Crippen molar-refractivity contribution >= 4 is 11.2 Å². The third kappa shape index (κ3) is 2.72. The normalized spacial score (nSPS) is 13.0. The van der Waals surface area contributed by atoms with Gasteiger partial charge >= 0.3 is 5.51 Å². The Labute approximate surface area is 109 Å². The van der Waals surface area contributed by atoms with Crippen molar-refractivity contribution in [3.05, 3.63) is 42.2 Å². The first kappa shape index (κ1) is 13.5. The molecule has 98 valence electrons. The van der Waals surface area contributed by atoms with Crippen LogP contribution in [0.25, 0.3) is 5.69 Å². The summed E-state index contributed by atoms with van der Waals surface area (Å²) in [5.74, 6) is 0. The Morgan fingerprint density at radius 3 is 2.42 bits per heavy atom. The zero-order valence-electron chi connectivity index (χ0n) is 9.26. The van der Waals surface area contributed by atoms with Crippen molar-refractivity contribution < 1.29 is 17.7 Å². The fourth-order valence-electron chi connectivity index (χ4n) is 1.41. The molecule has 19 heavy (non-hydrogen) atoms. The van der Waals surface area contributed by atoms with Gasteiger partial charge in [-0.25, -0.2) is 4.68 Å². The number of hydrogen-bond donors (Lipinski definition) is 0. The molecule has 0 spiro atoms. The monoisotopic (exact) mass is 285 g/mol. The zero-order chi connectivity index (χ0) is 14.0. The molecule has 0 aliphatic heterocycles. The van der Waals surface area contributed by atoms with Gasteiger partial charge in [0.2, 0.25) is 10.6 Å². The van der Waals surface area contributed by atoms with Crippen molar-refractivity contribution in [2.24, 2.45) is 0 Å². The Kier molecular flexibility index (Phi) is 3.50. The Morgan fingerprint density at radius 2 is 1.89 bits per heavy atom. The van der Waals surface area contributed by atoms with Gasteiger partial charge in [0.05, 0.1) is 11.9 Å². The molecule has 0 saturated heterocycles. The number of hydrogen-bond acceptors (Lipinski definition) is 3. The molecule has 8 heteroatoms. The summed E-state index contributed by atoms with van der Waals surface area (Å²) in [6.07, 6.45) is 0.956. The van der Waals surface area contributed by atoms with Crippen molar-refractivity contribution in [2.45, 2.75) is 10.4 Å². The number of alkyl halides is 3. The van der Waals surface area contributed by atoms with Crippen LogP contribution < -0.4 is 0 Å². The van der Waals surface area contributed by atoms with Crippen LogP contribution in [-0.4, -0.2) is 19.8 Å².